The number of nitrogens with two attached hydrogens (primary N) is 1. The van der Waals surface area contributed by atoms with E-state index in [1.54, 1.807) is 0 Å². The highest BCUT2D eigenvalue weighted by Gasteiger charge is 2.46. The molecule has 2 rings (SSSR count). The summed E-state index contributed by atoms with van der Waals surface area (Å²) in [6.07, 6.45) is 1.18. The Morgan fingerprint density at radius 3 is 3.07 bits per heavy atom. The van der Waals surface area contributed by atoms with Crippen molar-refractivity contribution in [1.82, 2.24) is 4.98 Å². The fraction of sp³-hybridized carbons (Fsp3) is 0.500. The van der Waals surface area contributed by atoms with Crippen LogP contribution in [0.1, 0.15) is 23.4 Å². The summed E-state index contributed by atoms with van der Waals surface area (Å²) >= 11 is 1.17. The zero-order valence-corrected chi connectivity index (χ0v) is 8.10. The standard InChI is InChI=1S/C8H9FN2O2S/c9-8(6(12)13)3-1-2-4-5(8)11-7(10)14-4/h1-3H2,(H2,10,11)(H,12,13). The number of hydrogen-bond acceptors (Lipinski definition) is 4. The van der Waals surface area contributed by atoms with E-state index in [0.29, 0.717) is 17.7 Å². The number of fused-ring (bicyclic) bond motifs is 1. The maximum Gasteiger partial charge on any atom is 0.347 e. The van der Waals surface area contributed by atoms with Crippen LogP contribution < -0.4 is 5.73 Å². The summed E-state index contributed by atoms with van der Waals surface area (Å²) in [5.41, 5.74) is 3.11. The van der Waals surface area contributed by atoms with Gasteiger partial charge >= 0.3 is 5.97 Å². The molecule has 6 heteroatoms. The summed E-state index contributed by atoms with van der Waals surface area (Å²) in [5.74, 6) is -1.47. The van der Waals surface area contributed by atoms with Gasteiger partial charge < -0.3 is 10.8 Å². The Kier molecular flexibility index (Phi) is 1.95. The Morgan fingerprint density at radius 1 is 1.71 bits per heavy atom. The number of thiazole rings is 1. The number of nitrogen functional groups attached to an aromatic ring is 1. The molecule has 0 saturated carbocycles. The van der Waals surface area contributed by atoms with Gasteiger partial charge in [0.1, 0.15) is 5.69 Å². The second-order valence-corrected chi connectivity index (χ2v) is 4.40. The van der Waals surface area contributed by atoms with E-state index in [9.17, 15) is 9.18 Å². The molecule has 0 saturated heterocycles. The first kappa shape index (κ1) is 9.39. The molecule has 1 unspecified atom stereocenters. The van der Waals surface area contributed by atoms with E-state index < -0.39 is 11.6 Å². The minimum atomic E-state index is -2.33. The van der Waals surface area contributed by atoms with Crippen LogP contribution in [-0.4, -0.2) is 16.1 Å². The lowest BCUT2D eigenvalue weighted by molar-refractivity contribution is -0.153. The van der Waals surface area contributed by atoms with E-state index in [1.165, 1.54) is 11.3 Å². The predicted molar refractivity (Wildman–Crippen MR) is 49.9 cm³/mol. The average Bonchev–Trinajstić information content (AvgIpc) is 2.47. The lowest BCUT2D eigenvalue weighted by atomic mass is 9.88. The monoisotopic (exact) mass is 216 g/mol. The average molecular weight is 216 g/mol. The largest absolute Gasteiger partial charge is 0.479 e. The zero-order valence-electron chi connectivity index (χ0n) is 7.29. The lowest BCUT2D eigenvalue weighted by Crippen LogP contribution is -2.34. The van der Waals surface area contributed by atoms with Crippen LogP contribution in [0.4, 0.5) is 9.52 Å². The van der Waals surface area contributed by atoms with Crippen LogP contribution in [0.25, 0.3) is 0 Å². The van der Waals surface area contributed by atoms with Crippen molar-refractivity contribution in [3.63, 3.8) is 0 Å². The summed E-state index contributed by atoms with van der Waals surface area (Å²) in [6.45, 7) is 0. The molecule has 3 N–H and O–H groups in total. The van der Waals surface area contributed by atoms with E-state index in [-0.39, 0.29) is 17.2 Å². The van der Waals surface area contributed by atoms with Crippen molar-refractivity contribution in [2.75, 3.05) is 5.73 Å². The first-order chi connectivity index (χ1) is 6.54. The Bertz CT molecular complexity index is 393. The molecule has 14 heavy (non-hydrogen) atoms. The Labute approximate surface area is 83.6 Å². The second-order valence-electron chi connectivity index (χ2n) is 3.28. The number of alkyl halides is 1. The third-order valence-electron chi connectivity index (χ3n) is 2.35. The minimum absolute atomic E-state index is 0.0127. The van der Waals surface area contributed by atoms with Crippen molar-refractivity contribution < 1.29 is 14.3 Å². The highest BCUT2D eigenvalue weighted by Crippen LogP contribution is 2.41. The third kappa shape index (κ3) is 1.18. The molecule has 0 bridgehead atoms. The third-order valence-corrected chi connectivity index (χ3v) is 3.30. The topological polar surface area (TPSA) is 76.2 Å². The van der Waals surface area contributed by atoms with Crippen LogP contribution in [0, 0.1) is 0 Å². The van der Waals surface area contributed by atoms with Crippen molar-refractivity contribution in [1.29, 1.82) is 0 Å². The van der Waals surface area contributed by atoms with Gasteiger partial charge in [0.15, 0.2) is 5.13 Å². The number of rotatable bonds is 1. The number of aromatic nitrogens is 1. The highest BCUT2D eigenvalue weighted by atomic mass is 32.1. The van der Waals surface area contributed by atoms with Crippen LogP contribution in [0.2, 0.25) is 0 Å². The van der Waals surface area contributed by atoms with Crippen LogP contribution >= 0.6 is 11.3 Å². The van der Waals surface area contributed by atoms with Gasteiger partial charge in [0.25, 0.3) is 0 Å². The molecular formula is C8H9FN2O2S. The summed E-state index contributed by atoms with van der Waals surface area (Å²) in [5, 5.41) is 9.04. The quantitative estimate of drug-likeness (QED) is 0.742. The molecule has 76 valence electrons. The number of carboxylic acid groups (broad SMARTS) is 1. The molecule has 0 fully saturated rings. The van der Waals surface area contributed by atoms with Gasteiger partial charge in [0, 0.05) is 4.88 Å². The Balaban J connectivity index is 2.54. The van der Waals surface area contributed by atoms with E-state index in [2.05, 4.69) is 4.98 Å². The van der Waals surface area contributed by atoms with Crippen molar-refractivity contribution in [3.8, 4) is 0 Å². The molecule has 0 spiro atoms. The molecule has 1 aliphatic rings. The second kappa shape index (κ2) is 2.91. The van der Waals surface area contributed by atoms with Gasteiger partial charge in [0.05, 0.1) is 0 Å². The molecule has 1 heterocycles. The number of anilines is 1. The number of aryl methyl sites for hydroxylation is 1. The molecule has 4 nitrogen and oxygen atoms in total. The van der Waals surface area contributed by atoms with Crippen molar-refractivity contribution in [2.24, 2.45) is 0 Å². The first-order valence-electron chi connectivity index (χ1n) is 4.22. The van der Waals surface area contributed by atoms with Crippen LogP contribution in [0.15, 0.2) is 0 Å². The molecule has 1 aromatic heterocycles. The highest BCUT2D eigenvalue weighted by molar-refractivity contribution is 7.15. The molecule has 1 aromatic rings. The van der Waals surface area contributed by atoms with Crippen LogP contribution in [0.3, 0.4) is 0 Å². The molecule has 0 radical (unpaired) electrons. The zero-order chi connectivity index (χ0) is 10.3. The smallest absolute Gasteiger partial charge is 0.347 e. The van der Waals surface area contributed by atoms with E-state index in [0.717, 1.165) is 0 Å². The Morgan fingerprint density at radius 2 is 2.43 bits per heavy atom. The van der Waals surface area contributed by atoms with Gasteiger partial charge in [-0.2, -0.15) is 0 Å². The minimum Gasteiger partial charge on any atom is -0.479 e. The van der Waals surface area contributed by atoms with Gasteiger partial charge in [0.2, 0.25) is 5.67 Å². The fourth-order valence-electron chi connectivity index (χ4n) is 1.67. The summed E-state index contributed by atoms with van der Waals surface area (Å²) in [4.78, 5) is 15.2. The lowest BCUT2D eigenvalue weighted by Gasteiger charge is -2.23. The van der Waals surface area contributed by atoms with E-state index >= 15 is 0 Å². The normalized spacial score (nSPS) is 25.8. The van der Waals surface area contributed by atoms with E-state index in [1.807, 2.05) is 0 Å². The van der Waals surface area contributed by atoms with Gasteiger partial charge in [-0.25, -0.2) is 14.2 Å². The Hall–Kier alpha value is -1.17. The maximum atomic E-state index is 14.0. The van der Waals surface area contributed by atoms with Gasteiger partial charge in [-0.1, -0.05) is 0 Å². The molecule has 1 atom stereocenters. The number of hydrogen-bond donors (Lipinski definition) is 2. The summed E-state index contributed by atoms with van der Waals surface area (Å²) in [6, 6.07) is 0. The van der Waals surface area contributed by atoms with Gasteiger partial charge in [-0.3, -0.25) is 0 Å². The fourth-order valence-corrected chi connectivity index (χ4v) is 2.61. The summed E-state index contributed by atoms with van der Waals surface area (Å²) in [7, 11) is 0. The maximum absolute atomic E-state index is 14.0. The first-order valence-corrected chi connectivity index (χ1v) is 5.03. The molecular weight excluding hydrogens is 207 g/mol. The molecule has 0 aromatic carbocycles. The van der Waals surface area contributed by atoms with Crippen LogP contribution in [-0.2, 0) is 16.9 Å². The number of halogens is 1. The van der Waals surface area contributed by atoms with Crippen molar-refractivity contribution in [2.45, 2.75) is 24.9 Å². The van der Waals surface area contributed by atoms with Crippen LogP contribution in [0.5, 0.6) is 0 Å². The van der Waals surface area contributed by atoms with Crippen molar-refractivity contribution >= 4 is 22.4 Å². The summed E-state index contributed by atoms with van der Waals surface area (Å²) < 4.78 is 14.0. The molecule has 0 amide bonds. The SMILES string of the molecule is Nc1nc2c(s1)CCCC2(F)C(=O)O. The number of carboxylic acids is 1. The number of nitrogens with zero attached hydrogens (tertiary/aromatic N) is 1. The molecule has 0 aliphatic heterocycles. The van der Waals surface area contributed by atoms with Crippen molar-refractivity contribution in [3.05, 3.63) is 10.6 Å². The number of aliphatic carboxylic acids is 1. The molecule has 1 aliphatic carbocycles. The van der Waals surface area contributed by atoms with Gasteiger partial charge in [-0.05, 0) is 19.3 Å². The van der Waals surface area contributed by atoms with Gasteiger partial charge in [-0.15, -0.1) is 11.3 Å². The predicted octanol–water partition coefficient (Wildman–Crippen LogP) is 1.31. The number of carbonyl (C=O) groups is 1. The van der Waals surface area contributed by atoms with E-state index in [4.69, 9.17) is 10.8 Å².